The zero-order valence-corrected chi connectivity index (χ0v) is 15.6. The zero-order valence-electron chi connectivity index (χ0n) is 14.9. The molecule has 2 aromatic carbocycles. The number of pyridine rings is 1. The molecule has 4 nitrogen and oxygen atoms in total. The minimum atomic E-state index is 0.0938. The average molecular weight is 378 g/mol. The van der Waals surface area contributed by atoms with Crippen LogP contribution in [0.1, 0.15) is 10.4 Å². The van der Waals surface area contributed by atoms with E-state index in [0.29, 0.717) is 22.4 Å². The van der Waals surface area contributed by atoms with Crippen LogP contribution in [0.15, 0.2) is 54.6 Å². The number of amides is 1. The number of likely N-dealkylation sites (tertiary alicyclic amines) is 1. The number of nitrogens with one attached hydrogen (secondary N) is 1. The number of aromatic nitrogens is 1. The molecular formula is C22H20ClN3O. The summed E-state index contributed by atoms with van der Waals surface area (Å²) in [7, 11) is 0. The van der Waals surface area contributed by atoms with Crippen LogP contribution in [0.3, 0.4) is 0 Å². The molecule has 0 aliphatic carbocycles. The molecule has 3 aromatic rings. The van der Waals surface area contributed by atoms with Gasteiger partial charge in [-0.2, -0.15) is 0 Å². The molecule has 2 atom stereocenters. The summed E-state index contributed by atoms with van der Waals surface area (Å²) in [4.78, 5) is 20.2. The van der Waals surface area contributed by atoms with Gasteiger partial charge in [0.15, 0.2) is 0 Å². The molecule has 5 heteroatoms. The minimum Gasteiger partial charge on any atom is -0.338 e. The van der Waals surface area contributed by atoms with Crippen LogP contribution in [-0.2, 0) is 0 Å². The van der Waals surface area contributed by atoms with Crippen LogP contribution < -0.4 is 5.32 Å². The van der Waals surface area contributed by atoms with Crippen molar-refractivity contribution in [2.45, 2.75) is 0 Å². The molecule has 2 aliphatic rings. The number of halogens is 1. The highest BCUT2D eigenvalue weighted by molar-refractivity contribution is 6.33. The van der Waals surface area contributed by atoms with Gasteiger partial charge in [0.1, 0.15) is 0 Å². The summed E-state index contributed by atoms with van der Waals surface area (Å²) in [6.07, 6.45) is 0. The molecule has 1 N–H and O–H groups in total. The van der Waals surface area contributed by atoms with Gasteiger partial charge in [-0.05, 0) is 30.0 Å². The normalized spacial score (nSPS) is 21.6. The number of rotatable bonds is 2. The Kier molecular flexibility index (Phi) is 4.10. The Morgan fingerprint density at radius 3 is 2.52 bits per heavy atom. The number of fused-ring (bicyclic) bond motifs is 2. The van der Waals surface area contributed by atoms with Crippen molar-refractivity contribution in [1.29, 1.82) is 0 Å². The van der Waals surface area contributed by atoms with E-state index < -0.39 is 0 Å². The summed E-state index contributed by atoms with van der Waals surface area (Å²) in [5.41, 5.74) is 3.12. The van der Waals surface area contributed by atoms with E-state index in [1.807, 2.05) is 59.5 Å². The second-order valence-electron chi connectivity index (χ2n) is 7.44. The van der Waals surface area contributed by atoms with Crippen molar-refractivity contribution >= 4 is 28.4 Å². The Balaban J connectivity index is 1.60. The Hall–Kier alpha value is -2.43. The number of carbonyl (C=O) groups excluding carboxylic acids is 1. The van der Waals surface area contributed by atoms with Crippen molar-refractivity contribution in [3.63, 3.8) is 0 Å². The number of benzene rings is 2. The average Bonchev–Trinajstić information content (AvgIpc) is 3.29. The Morgan fingerprint density at radius 2 is 1.74 bits per heavy atom. The van der Waals surface area contributed by atoms with E-state index in [2.05, 4.69) is 5.32 Å². The minimum absolute atomic E-state index is 0.0938. The molecule has 136 valence electrons. The van der Waals surface area contributed by atoms with Crippen LogP contribution in [0.2, 0.25) is 5.02 Å². The maximum atomic E-state index is 13.4. The first-order valence-corrected chi connectivity index (χ1v) is 9.73. The molecule has 1 amide bonds. The highest BCUT2D eigenvalue weighted by atomic mass is 35.5. The fourth-order valence-electron chi connectivity index (χ4n) is 4.35. The predicted molar refractivity (Wildman–Crippen MR) is 108 cm³/mol. The summed E-state index contributed by atoms with van der Waals surface area (Å²) >= 11 is 6.39. The topological polar surface area (TPSA) is 45.2 Å². The Bertz CT molecular complexity index is 1020. The smallest absolute Gasteiger partial charge is 0.254 e. The SMILES string of the molecule is O=C(c1cc(-c2ccccc2Cl)nc2ccccc12)N1C[C@H]2CNC[C@H]2C1. The summed E-state index contributed by atoms with van der Waals surface area (Å²) in [5, 5.41) is 4.96. The third kappa shape index (κ3) is 2.89. The third-order valence-corrected chi connectivity index (χ3v) is 6.10. The zero-order chi connectivity index (χ0) is 18.4. The molecule has 0 radical (unpaired) electrons. The van der Waals surface area contributed by atoms with Crippen molar-refractivity contribution in [3.05, 3.63) is 65.2 Å². The van der Waals surface area contributed by atoms with Crippen LogP contribution in [0.4, 0.5) is 0 Å². The second kappa shape index (κ2) is 6.63. The van der Waals surface area contributed by atoms with Crippen LogP contribution in [-0.4, -0.2) is 42.0 Å². The van der Waals surface area contributed by atoms with Gasteiger partial charge in [-0.3, -0.25) is 4.79 Å². The van der Waals surface area contributed by atoms with Crippen molar-refractivity contribution in [1.82, 2.24) is 15.2 Å². The van der Waals surface area contributed by atoms with Crippen molar-refractivity contribution in [2.24, 2.45) is 11.8 Å². The van der Waals surface area contributed by atoms with Gasteiger partial charge < -0.3 is 10.2 Å². The van der Waals surface area contributed by atoms with Gasteiger partial charge in [-0.1, -0.05) is 48.0 Å². The first kappa shape index (κ1) is 16.7. The van der Waals surface area contributed by atoms with Gasteiger partial charge in [0.05, 0.1) is 16.8 Å². The third-order valence-electron chi connectivity index (χ3n) is 5.77. The number of hydrogen-bond acceptors (Lipinski definition) is 3. The number of para-hydroxylation sites is 1. The van der Waals surface area contributed by atoms with Gasteiger partial charge in [-0.15, -0.1) is 0 Å². The van der Waals surface area contributed by atoms with Gasteiger partial charge in [0.25, 0.3) is 5.91 Å². The summed E-state index contributed by atoms with van der Waals surface area (Å²) in [5.74, 6) is 1.24. The standard InChI is InChI=1S/C22H20ClN3O/c23-19-7-3-1-6-17(19)21-9-18(16-5-2-4-8-20(16)25-21)22(27)26-12-14-10-24-11-15(14)13-26/h1-9,14-15,24H,10-13H2/t14-,15+. The summed E-state index contributed by atoms with van der Waals surface area (Å²) < 4.78 is 0. The molecule has 0 bridgehead atoms. The largest absolute Gasteiger partial charge is 0.338 e. The highest BCUT2D eigenvalue weighted by Crippen LogP contribution is 2.32. The van der Waals surface area contributed by atoms with E-state index >= 15 is 0 Å². The molecule has 3 heterocycles. The predicted octanol–water partition coefficient (Wildman–Crippen LogP) is 3.85. The monoisotopic (exact) mass is 377 g/mol. The van der Waals surface area contributed by atoms with Crippen molar-refractivity contribution in [2.75, 3.05) is 26.2 Å². The number of carbonyl (C=O) groups is 1. The lowest BCUT2D eigenvalue weighted by Gasteiger charge is -2.19. The van der Waals surface area contributed by atoms with E-state index in [1.54, 1.807) is 0 Å². The van der Waals surface area contributed by atoms with Crippen LogP contribution in [0.25, 0.3) is 22.2 Å². The maximum Gasteiger partial charge on any atom is 0.254 e. The molecule has 1 aromatic heterocycles. The van der Waals surface area contributed by atoms with E-state index in [4.69, 9.17) is 16.6 Å². The van der Waals surface area contributed by atoms with Gasteiger partial charge in [-0.25, -0.2) is 4.98 Å². The summed E-state index contributed by atoms with van der Waals surface area (Å²) in [6.45, 7) is 3.68. The van der Waals surface area contributed by atoms with Crippen LogP contribution in [0, 0.1) is 11.8 Å². The lowest BCUT2D eigenvalue weighted by Crippen LogP contribution is -2.32. The first-order valence-electron chi connectivity index (χ1n) is 9.35. The van der Waals surface area contributed by atoms with E-state index in [-0.39, 0.29) is 5.91 Å². The number of nitrogens with zero attached hydrogens (tertiary/aromatic N) is 2. The molecular weight excluding hydrogens is 358 g/mol. The van der Waals surface area contributed by atoms with E-state index in [0.717, 1.165) is 48.3 Å². The van der Waals surface area contributed by atoms with E-state index in [1.165, 1.54) is 0 Å². The fourth-order valence-corrected chi connectivity index (χ4v) is 4.58. The molecule has 2 saturated heterocycles. The lowest BCUT2D eigenvalue weighted by molar-refractivity contribution is 0.0783. The van der Waals surface area contributed by atoms with Crippen molar-refractivity contribution in [3.8, 4) is 11.3 Å². The molecule has 0 saturated carbocycles. The van der Waals surface area contributed by atoms with Crippen LogP contribution in [0.5, 0.6) is 0 Å². The number of hydrogen-bond donors (Lipinski definition) is 1. The lowest BCUT2D eigenvalue weighted by atomic mass is 10.0. The Morgan fingerprint density at radius 1 is 1.04 bits per heavy atom. The quantitative estimate of drug-likeness (QED) is 0.737. The molecule has 0 spiro atoms. The van der Waals surface area contributed by atoms with Gasteiger partial charge >= 0.3 is 0 Å². The second-order valence-corrected chi connectivity index (χ2v) is 7.85. The highest BCUT2D eigenvalue weighted by Gasteiger charge is 2.38. The molecule has 0 unspecified atom stereocenters. The van der Waals surface area contributed by atoms with Crippen LogP contribution >= 0.6 is 11.6 Å². The van der Waals surface area contributed by atoms with Crippen molar-refractivity contribution < 1.29 is 4.79 Å². The molecule has 5 rings (SSSR count). The molecule has 27 heavy (non-hydrogen) atoms. The fraction of sp³-hybridized carbons (Fsp3) is 0.273. The Labute approximate surface area is 163 Å². The van der Waals surface area contributed by atoms with Gasteiger partial charge in [0.2, 0.25) is 0 Å². The molecule has 2 fully saturated rings. The van der Waals surface area contributed by atoms with Gasteiger partial charge in [0, 0.05) is 42.2 Å². The summed E-state index contributed by atoms with van der Waals surface area (Å²) in [6, 6.07) is 17.4. The molecule has 2 aliphatic heterocycles. The first-order chi connectivity index (χ1) is 13.2. The maximum absolute atomic E-state index is 13.4. The van der Waals surface area contributed by atoms with E-state index in [9.17, 15) is 4.79 Å².